The maximum Gasteiger partial charge on any atom is 0.142 e. The number of nitrogens with zero attached hydrogens (tertiary/aromatic N) is 2. The van der Waals surface area contributed by atoms with Gasteiger partial charge in [0, 0.05) is 18.7 Å². The first kappa shape index (κ1) is 16.4. The molecule has 22 heavy (non-hydrogen) atoms. The molecule has 1 atom stereocenters. The largest absolute Gasteiger partial charge is 0.343 e. The van der Waals surface area contributed by atoms with Crippen molar-refractivity contribution in [3.63, 3.8) is 0 Å². The van der Waals surface area contributed by atoms with Crippen LogP contribution in [0, 0.1) is 0 Å². The van der Waals surface area contributed by atoms with Crippen LogP contribution in [0.3, 0.4) is 0 Å². The quantitative estimate of drug-likeness (QED) is 0.342. The van der Waals surface area contributed by atoms with Gasteiger partial charge in [-0.25, -0.2) is 14.7 Å². The first-order chi connectivity index (χ1) is 10.8. The van der Waals surface area contributed by atoms with E-state index in [2.05, 4.69) is 25.9 Å². The van der Waals surface area contributed by atoms with Crippen LogP contribution in [0.5, 0.6) is 0 Å². The number of nitrogens with one attached hydrogen (secondary N) is 2. The van der Waals surface area contributed by atoms with E-state index in [1.807, 2.05) is 11.8 Å². The van der Waals surface area contributed by atoms with Crippen molar-refractivity contribution in [3.8, 4) is 0 Å². The fraction of sp³-hybridized carbons (Fsp3) is 0.571. The molecule has 1 unspecified atom stereocenters. The summed E-state index contributed by atoms with van der Waals surface area (Å²) in [5.74, 6) is 1.17. The lowest BCUT2D eigenvalue weighted by molar-refractivity contribution is 0.219. The van der Waals surface area contributed by atoms with Crippen molar-refractivity contribution in [1.82, 2.24) is 19.7 Å². The third kappa shape index (κ3) is 3.71. The Bertz CT molecular complexity index is 637. The minimum Gasteiger partial charge on any atom is -0.343 e. The van der Waals surface area contributed by atoms with Crippen LogP contribution in [-0.2, 0) is 17.0 Å². The molecule has 0 amide bonds. The molecule has 0 saturated heterocycles. The van der Waals surface area contributed by atoms with Crippen molar-refractivity contribution in [2.75, 3.05) is 18.6 Å². The summed E-state index contributed by atoms with van der Waals surface area (Å²) < 4.78 is 9.14. The number of thioether (sulfide) groups is 1. The van der Waals surface area contributed by atoms with E-state index in [1.165, 1.54) is 35.6 Å². The van der Waals surface area contributed by atoms with E-state index in [0.29, 0.717) is 5.15 Å². The zero-order chi connectivity index (χ0) is 15.4. The Kier molecular flexibility index (Phi) is 5.87. The van der Waals surface area contributed by atoms with E-state index in [-0.39, 0.29) is 6.10 Å². The summed E-state index contributed by atoms with van der Waals surface area (Å²) in [4.78, 5) is 11.7. The number of aromatic nitrogens is 3. The highest BCUT2D eigenvalue weighted by atomic mass is 35.5. The topological polar surface area (TPSA) is 62.8 Å². The molecule has 0 spiro atoms. The van der Waals surface area contributed by atoms with Gasteiger partial charge >= 0.3 is 0 Å². The van der Waals surface area contributed by atoms with Gasteiger partial charge in [0.25, 0.3) is 0 Å². The monoisotopic (exact) mass is 358 g/mol. The smallest absolute Gasteiger partial charge is 0.142 e. The molecule has 8 heteroatoms. The third-order valence-corrected chi connectivity index (χ3v) is 5.43. The fourth-order valence-corrected chi connectivity index (χ4v) is 3.96. The second-order valence-corrected chi connectivity index (χ2v) is 7.25. The molecular weight excluding hydrogens is 340 g/mol. The molecule has 0 aromatic carbocycles. The van der Waals surface area contributed by atoms with Gasteiger partial charge in [0.15, 0.2) is 0 Å². The highest BCUT2D eigenvalue weighted by Gasteiger charge is 2.25. The van der Waals surface area contributed by atoms with Gasteiger partial charge in [-0.3, -0.25) is 4.18 Å². The fourth-order valence-electron chi connectivity index (χ4n) is 2.68. The van der Waals surface area contributed by atoms with Crippen molar-refractivity contribution in [2.24, 2.45) is 0 Å². The van der Waals surface area contributed by atoms with Crippen LogP contribution in [0.4, 0.5) is 0 Å². The van der Waals surface area contributed by atoms with Crippen molar-refractivity contribution >= 4 is 46.6 Å². The molecule has 2 heterocycles. The van der Waals surface area contributed by atoms with Crippen LogP contribution in [0.25, 0.3) is 11.0 Å². The van der Waals surface area contributed by atoms with Crippen molar-refractivity contribution in [2.45, 2.75) is 31.8 Å². The molecule has 2 N–H and O–H groups in total. The average Bonchev–Trinajstić information content (AvgIpc) is 2.90. The van der Waals surface area contributed by atoms with Gasteiger partial charge in [-0.05, 0) is 36.8 Å². The predicted molar refractivity (Wildman–Crippen MR) is 94.4 cm³/mol. The number of hydrogen-bond acceptors (Lipinski definition) is 6. The molecule has 0 radical (unpaired) electrons. The molecule has 3 rings (SSSR count). The zero-order valence-corrected chi connectivity index (χ0v) is 14.8. The summed E-state index contributed by atoms with van der Waals surface area (Å²) in [7, 11) is 0. The second-order valence-electron chi connectivity index (χ2n) is 5.26. The van der Waals surface area contributed by atoms with Gasteiger partial charge in [-0.1, -0.05) is 11.6 Å². The lowest BCUT2D eigenvalue weighted by Gasteiger charge is -2.21. The van der Waals surface area contributed by atoms with Crippen LogP contribution in [0.1, 0.15) is 24.1 Å². The van der Waals surface area contributed by atoms with Crippen LogP contribution in [-0.4, -0.2) is 39.6 Å². The van der Waals surface area contributed by atoms with Crippen LogP contribution in [0.2, 0.25) is 5.15 Å². The van der Waals surface area contributed by atoms with Crippen LogP contribution >= 0.6 is 35.6 Å². The predicted octanol–water partition coefficient (Wildman–Crippen LogP) is 3.39. The summed E-state index contributed by atoms with van der Waals surface area (Å²) in [5, 5.41) is 1.47. The Labute approximate surface area is 143 Å². The molecule has 2 aromatic rings. The van der Waals surface area contributed by atoms with E-state index >= 15 is 0 Å². The minimum atomic E-state index is 0.195. The van der Waals surface area contributed by atoms with Gasteiger partial charge in [-0.15, -0.1) is 0 Å². The zero-order valence-electron chi connectivity index (χ0n) is 12.4. The second kappa shape index (κ2) is 7.88. The van der Waals surface area contributed by atoms with Crippen LogP contribution in [0.15, 0.2) is 6.33 Å². The Balaban J connectivity index is 1.58. The Morgan fingerprint density at radius 3 is 3.27 bits per heavy atom. The highest BCUT2D eigenvalue weighted by molar-refractivity contribution is 7.98. The van der Waals surface area contributed by atoms with E-state index in [9.17, 15) is 0 Å². The number of aromatic amines is 1. The molecule has 2 aromatic heterocycles. The Morgan fingerprint density at radius 2 is 2.41 bits per heavy atom. The average molecular weight is 359 g/mol. The maximum absolute atomic E-state index is 6.23. The minimum absolute atomic E-state index is 0.195. The summed E-state index contributed by atoms with van der Waals surface area (Å²) in [5.41, 5.74) is 3.25. The SMILES string of the molecule is CSCCCNSOC1CCc2[nH]c3ncnc(Cl)c3c2C1. The van der Waals surface area contributed by atoms with Gasteiger partial charge in [-0.2, -0.15) is 11.8 Å². The lowest BCUT2D eigenvalue weighted by Crippen LogP contribution is -2.21. The van der Waals surface area contributed by atoms with Gasteiger partial charge in [0.2, 0.25) is 0 Å². The molecule has 5 nitrogen and oxygen atoms in total. The first-order valence-electron chi connectivity index (χ1n) is 7.33. The molecule has 0 aliphatic heterocycles. The third-order valence-electron chi connectivity index (χ3n) is 3.75. The molecule has 120 valence electrons. The lowest BCUT2D eigenvalue weighted by atomic mass is 9.94. The van der Waals surface area contributed by atoms with Crippen molar-refractivity contribution in [1.29, 1.82) is 0 Å². The standard InChI is InChI=1S/C14H19ClN4OS2/c1-21-6-2-5-18-22-20-9-3-4-11-10(7-9)12-13(15)16-8-17-14(12)19-11/h8-9,18H,2-7H2,1H3,(H,16,17,19). The number of fused-ring (bicyclic) bond motifs is 3. The number of aryl methyl sites for hydroxylation is 1. The number of hydrogen-bond donors (Lipinski definition) is 2. The van der Waals surface area contributed by atoms with E-state index in [4.69, 9.17) is 15.8 Å². The normalized spacial score (nSPS) is 17.8. The van der Waals surface area contributed by atoms with Gasteiger partial charge < -0.3 is 4.98 Å². The number of H-pyrrole nitrogens is 1. The molecule has 1 aliphatic rings. The molecule has 1 aliphatic carbocycles. The van der Waals surface area contributed by atoms with E-state index < -0.39 is 0 Å². The summed E-state index contributed by atoms with van der Waals surface area (Å²) in [6.45, 7) is 0.968. The van der Waals surface area contributed by atoms with E-state index in [0.717, 1.165) is 43.3 Å². The summed E-state index contributed by atoms with van der Waals surface area (Å²) in [6, 6.07) is 0. The van der Waals surface area contributed by atoms with Crippen molar-refractivity contribution < 1.29 is 4.18 Å². The maximum atomic E-state index is 6.23. The summed E-state index contributed by atoms with van der Waals surface area (Å²) >= 11 is 9.46. The van der Waals surface area contributed by atoms with Crippen molar-refractivity contribution in [3.05, 3.63) is 22.7 Å². The van der Waals surface area contributed by atoms with Gasteiger partial charge in [0.05, 0.1) is 23.7 Å². The van der Waals surface area contributed by atoms with E-state index in [1.54, 1.807) is 0 Å². The first-order valence-corrected chi connectivity index (χ1v) is 9.85. The Morgan fingerprint density at radius 1 is 1.50 bits per heavy atom. The molecule has 0 fully saturated rings. The Hall–Kier alpha value is -0.470. The highest BCUT2D eigenvalue weighted by Crippen LogP contribution is 2.33. The number of rotatable bonds is 7. The summed E-state index contributed by atoms with van der Waals surface area (Å²) in [6.07, 6.45) is 7.78. The molecule has 0 saturated carbocycles. The van der Waals surface area contributed by atoms with Gasteiger partial charge in [0.1, 0.15) is 17.1 Å². The molecule has 0 bridgehead atoms. The molecular formula is C14H19ClN4OS2. The van der Waals surface area contributed by atoms with Crippen LogP contribution < -0.4 is 4.72 Å². The number of halogens is 1.